The number of rotatable bonds is 2. The zero-order chi connectivity index (χ0) is 11.7. The van der Waals surface area contributed by atoms with Crippen molar-refractivity contribution in [2.45, 2.75) is 5.92 Å². The lowest BCUT2D eigenvalue weighted by molar-refractivity contribution is 0.430. The van der Waals surface area contributed by atoms with Gasteiger partial charge in [-0.1, -0.05) is 12.1 Å². The third-order valence-electron chi connectivity index (χ3n) is 2.94. The molecule has 17 heavy (non-hydrogen) atoms. The highest BCUT2D eigenvalue weighted by Gasteiger charge is 2.21. The van der Waals surface area contributed by atoms with E-state index >= 15 is 0 Å². The van der Waals surface area contributed by atoms with Crippen LogP contribution in [0, 0.1) is 5.82 Å². The van der Waals surface area contributed by atoms with Crippen molar-refractivity contribution >= 4 is 0 Å². The van der Waals surface area contributed by atoms with Gasteiger partial charge >= 0.3 is 0 Å². The minimum Gasteiger partial charge on any atom is -0.315 e. The maximum Gasteiger partial charge on any atom is 0.134 e. The molecule has 0 atom stereocenters. The van der Waals surface area contributed by atoms with E-state index in [4.69, 9.17) is 0 Å². The van der Waals surface area contributed by atoms with Gasteiger partial charge in [0.1, 0.15) is 11.6 Å². The molecule has 1 aliphatic heterocycles. The first-order valence-electron chi connectivity index (χ1n) is 5.62. The lowest BCUT2D eigenvalue weighted by atomic mass is 10.0. The number of halogens is 1. The molecule has 1 aromatic heterocycles. The van der Waals surface area contributed by atoms with Crippen LogP contribution in [0.5, 0.6) is 0 Å². The number of hydrogen-bond acceptors (Lipinski definition) is 3. The van der Waals surface area contributed by atoms with Gasteiger partial charge in [-0.05, 0) is 18.2 Å². The predicted molar refractivity (Wildman–Crippen MR) is 63.0 cm³/mol. The van der Waals surface area contributed by atoms with Gasteiger partial charge in [0.2, 0.25) is 0 Å². The summed E-state index contributed by atoms with van der Waals surface area (Å²) >= 11 is 0. The van der Waals surface area contributed by atoms with Crippen LogP contribution in [0.1, 0.15) is 11.7 Å². The molecule has 86 valence electrons. The molecule has 0 amide bonds. The molecule has 1 N–H and O–H groups in total. The van der Waals surface area contributed by atoms with Gasteiger partial charge in [0.05, 0.1) is 5.69 Å². The fourth-order valence-electron chi connectivity index (χ4n) is 1.85. The third kappa shape index (κ3) is 2.03. The maximum absolute atomic E-state index is 13.1. The van der Waals surface area contributed by atoms with E-state index in [1.807, 2.05) is 12.1 Å². The van der Waals surface area contributed by atoms with Crippen molar-refractivity contribution in [3.05, 3.63) is 48.2 Å². The van der Waals surface area contributed by atoms with Gasteiger partial charge in [-0.15, -0.1) is 0 Å². The molecule has 1 aromatic carbocycles. The van der Waals surface area contributed by atoms with Crippen LogP contribution in [0.15, 0.2) is 36.5 Å². The Balaban J connectivity index is 1.97. The normalized spacial score (nSPS) is 15.6. The Kier molecular flexibility index (Phi) is 2.57. The van der Waals surface area contributed by atoms with E-state index in [9.17, 15) is 4.39 Å². The standard InChI is InChI=1S/C13H12FN3/c14-11-3-1-2-9(6-11)12-4-5-16-13(17-12)10-7-15-8-10/h1-6,10,15H,7-8H2. The number of aromatic nitrogens is 2. The van der Waals surface area contributed by atoms with Gasteiger partial charge in [-0.3, -0.25) is 0 Å². The molecule has 3 nitrogen and oxygen atoms in total. The highest BCUT2D eigenvalue weighted by molar-refractivity contribution is 5.58. The summed E-state index contributed by atoms with van der Waals surface area (Å²) < 4.78 is 13.1. The third-order valence-corrected chi connectivity index (χ3v) is 2.94. The van der Waals surface area contributed by atoms with Crippen molar-refractivity contribution in [2.75, 3.05) is 13.1 Å². The number of hydrogen-bond donors (Lipinski definition) is 1. The summed E-state index contributed by atoms with van der Waals surface area (Å²) in [5, 5.41) is 3.19. The van der Waals surface area contributed by atoms with Crippen LogP contribution in [0.4, 0.5) is 4.39 Å². The van der Waals surface area contributed by atoms with Gasteiger partial charge in [0.25, 0.3) is 0 Å². The van der Waals surface area contributed by atoms with Crippen LogP contribution in [0.25, 0.3) is 11.3 Å². The van der Waals surface area contributed by atoms with E-state index in [-0.39, 0.29) is 5.82 Å². The smallest absolute Gasteiger partial charge is 0.134 e. The average molecular weight is 229 g/mol. The summed E-state index contributed by atoms with van der Waals surface area (Å²) in [4.78, 5) is 8.75. The van der Waals surface area contributed by atoms with Gasteiger partial charge < -0.3 is 5.32 Å². The summed E-state index contributed by atoms with van der Waals surface area (Å²) in [5.74, 6) is 0.988. The Hall–Kier alpha value is -1.81. The van der Waals surface area contributed by atoms with Crippen molar-refractivity contribution in [2.24, 2.45) is 0 Å². The molecule has 1 saturated heterocycles. The topological polar surface area (TPSA) is 37.8 Å². The Morgan fingerprint density at radius 3 is 2.82 bits per heavy atom. The zero-order valence-corrected chi connectivity index (χ0v) is 9.23. The van der Waals surface area contributed by atoms with Crippen molar-refractivity contribution < 1.29 is 4.39 Å². The van der Waals surface area contributed by atoms with Crippen molar-refractivity contribution in [1.29, 1.82) is 0 Å². The molecule has 1 fully saturated rings. The highest BCUT2D eigenvalue weighted by Crippen LogP contribution is 2.21. The molecule has 4 heteroatoms. The quantitative estimate of drug-likeness (QED) is 0.855. The summed E-state index contributed by atoms with van der Waals surface area (Å²) in [6.45, 7) is 1.85. The second kappa shape index (κ2) is 4.22. The molecule has 0 bridgehead atoms. The highest BCUT2D eigenvalue weighted by atomic mass is 19.1. The number of benzene rings is 1. The first-order chi connectivity index (χ1) is 8.33. The van der Waals surface area contributed by atoms with Crippen molar-refractivity contribution in [1.82, 2.24) is 15.3 Å². The first-order valence-corrected chi connectivity index (χ1v) is 5.62. The fourth-order valence-corrected chi connectivity index (χ4v) is 1.85. The van der Waals surface area contributed by atoms with E-state index in [1.54, 1.807) is 12.3 Å². The summed E-state index contributed by atoms with van der Waals surface area (Å²) in [7, 11) is 0. The molecule has 0 saturated carbocycles. The van der Waals surface area contributed by atoms with Crippen LogP contribution >= 0.6 is 0 Å². The fraction of sp³-hybridized carbons (Fsp3) is 0.231. The molecule has 0 radical (unpaired) electrons. The Bertz CT molecular complexity index is 538. The van der Waals surface area contributed by atoms with E-state index in [0.717, 1.165) is 30.2 Å². The second-order valence-electron chi connectivity index (χ2n) is 4.17. The van der Waals surface area contributed by atoms with Gasteiger partial charge in [-0.25, -0.2) is 14.4 Å². The SMILES string of the molecule is Fc1cccc(-c2ccnc(C3CNC3)n2)c1. The van der Waals surface area contributed by atoms with E-state index in [1.165, 1.54) is 12.1 Å². The van der Waals surface area contributed by atoms with Crippen molar-refractivity contribution in [3.63, 3.8) is 0 Å². The average Bonchev–Trinajstić information content (AvgIpc) is 2.27. The lowest BCUT2D eigenvalue weighted by Gasteiger charge is -2.25. The summed E-state index contributed by atoms with van der Waals surface area (Å²) in [5.41, 5.74) is 1.57. The Morgan fingerprint density at radius 2 is 2.12 bits per heavy atom. The number of nitrogens with zero attached hydrogens (tertiary/aromatic N) is 2. The molecule has 0 unspecified atom stereocenters. The molecular formula is C13H12FN3. The molecule has 0 aliphatic carbocycles. The summed E-state index contributed by atoms with van der Waals surface area (Å²) in [6, 6.07) is 8.28. The van der Waals surface area contributed by atoms with Crippen LogP contribution in [-0.4, -0.2) is 23.1 Å². The molecular weight excluding hydrogens is 217 g/mol. The molecule has 3 rings (SSSR count). The zero-order valence-electron chi connectivity index (χ0n) is 9.23. The van der Waals surface area contributed by atoms with E-state index in [0.29, 0.717) is 5.92 Å². The van der Waals surface area contributed by atoms with Crippen LogP contribution < -0.4 is 5.32 Å². The van der Waals surface area contributed by atoms with Gasteiger partial charge in [0, 0.05) is 30.8 Å². The molecule has 0 spiro atoms. The number of nitrogens with one attached hydrogen (secondary N) is 1. The largest absolute Gasteiger partial charge is 0.315 e. The Labute approximate surface area is 98.7 Å². The minimum atomic E-state index is -0.243. The van der Waals surface area contributed by atoms with E-state index in [2.05, 4.69) is 15.3 Å². The van der Waals surface area contributed by atoms with Crippen molar-refractivity contribution in [3.8, 4) is 11.3 Å². The molecule has 2 heterocycles. The molecule has 2 aromatic rings. The predicted octanol–water partition coefficient (Wildman–Crippen LogP) is 1.97. The van der Waals surface area contributed by atoms with Crippen LogP contribution in [0.3, 0.4) is 0 Å². The van der Waals surface area contributed by atoms with Crippen LogP contribution in [-0.2, 0) is 0 Å². The summed E-state index contributed by atoms with van der Waals surface area (Å²) in [6.07, 6.45) is 1.74. The van der Waals surface area contributed by atoms with Gasteiger partial charge in [-0.2, -0.15) is 0 Å². The first kappa shape index (κ1) is 10.4. The second-order valence-corrected chi connectivity index (χ2v) is 4.17. The minimum absolute atomic E-state index is 0.243. The Morgan fingerprint density at radius 1 is 1.24 bits per heavy atom. The molecule has 1 aliphatic rings. The van der Waals surface area contributed by atoms with E-state index < -0.39 is 0 Å². The lowest BCUT2D eigenvalue weighted by Crippen LogP contribution is -2.40. The van der Waals surface area contributed by atoms with Crippen LogP contribution in [0.2, 0.25) is 0 Å². The monoisotopic (exact) mass is 229 g/mol. The maximum atomic E-state index is 13.1. The van der Waals surface area contributed by atoms with Gasteiger partial charge in [0.15, 0.2) is 0 Å².